The average Bonchev–Trinajstić information content (AvgIpc) is 2.56. The fourth-order valence-corrected chi connectivity index (χ4v) is 2.04. The predicted octanol–water partition coefficient (Wildman–Crippen LogP) is 2.17. The van der Waals surface area contributed by atoms with Gasteiger partial charge < -0.3 is 5.32 Å². The zero-order valence-electron chi connectivity index (χ0n) is 8.20. The molecule has 1 heterocycles. The Bertz CT molecular complexity index is 266. The zero-order valence-corrected chi connectivity index (χ0v) is 9.02. The molecule has 1 N–H and O–H groups in total. The van der Waals surface area contributed by atoms with E-state index in [9.17, 15) is 4.79 Å². The summed E-state index contributed by atoms with van der Waals surface area (Å²) in [5.41, 5.74) is 0. The Balaban J connectivity index is 2.77. The monoisotopic (exact) mass is 197 g/mol. The smallest absolute Gasteiger partial charge is 0.189 e. The van der Waals surface area contributed by atoms with E-state index in [-0.39, 0.29) is 11.8 Å². The van der Waals surface area contributed by atoms with Crippen molar-refractivity contribution in [1.29, 1.82) is 0 Å². The Morgan fingerprint density at radius 3 is 2.62 bits per heavy atom. The number of carbonyl (C=O) groups is 1. The second-order valence-electron chi connectivity index (χ2n) is 3.35. The first-order chi connectivity index (χ1) is 6.16. The minimum absolute atomic E-state index is 0.0568. The van der Waals surface area contributed by atoms with Gasteiger partial charge in [-0.1, -0.05) is 19.9 Å². The van der Waals surface area contributed by atoms with Gasteiger partial charge in [0.25, 0.3) is 0 Å². The Morgan fingerprint density at radius 1 is 1.54 bits per heavy atom. The second-order valence-corrected chi connectivity index (χ2v) is 4.30. The molecule has 1 rings (SSSR count). The molecule has 3 heteroatoms. The molecule has 1 aromatic heterocycles. The number of ketones is 1. The number of carbonyl (C=O) groups excluding carboxylic acids is 1. The lowest BCUT2D eigenvalue weighted by Gasteiger charge is -2.17. The molecule has 0 aliphatic heterocycles. The topological polar surface area (TPSA) is 29.1 Å². The van der Waals surface area contributed by atoms with Crippen LogP contribution in [0.4, 0.5) is 0 Å². The van der Waals surface area contributed by atoms with Gasteiger partial charge in [-0.05, 0) is 24.4 Å². The van der Waals surface area contributed by atoms with Crippen LogP contribution in [0.5, 0.6) is 0 Å². The molecule has 0 aliphatic rings. The lowest BCUT2D eigenvalue weighted by atomic mass is 9.99. The molecular weight excluding hydrogens is 182 g/mol. The second kappa shape index (κ2) is 4.53. The lowest BCUT2D eigenvalue weighted by Crippen LogP contribution is -2.38. The summed E-state index contributed by atoms with van der Waals surface area (Å²) in [5.74, 6) is 0.534. The average molecular weight is 197 g/mol. The van der Waals surface area contributed by atoms with E-state index < -0.39 is 0 Å². The maximum absolute atomic E-state index is 11.8. The van der Waals surface area contributed by atoms with Crippen molar-refractivity contribution in [2.24, 2.45) is 5.92 Å². The molecule has 2 nitrogen and oxygen atoms in total. The van der Waals surface area contributed by atoms with Gasteiger partial charge in [0, 0.05) is 0 Å². The molecule has 1 unspecified atom stereocenters. The number of thiophene rings is 1. The Labute approximate surface area is 83.0 Å². The van der Waals surface area contributed by atoms with Gasteiger partial charge in [-0.25, -0.2) is 0 Å². The molecule has 0 bridgehead atoms. The van der Waals surface area contributed by atoms with E-state index in [1.54, 1.807) is 0 Å². The first-order valence-electron chi connectivity index (χ1n) is 4.41. The van der Waals surface area contributed by atoms with Crippen LogP contribution in [0.3, 0.4) is 0 Å². The van der Waals surface area contributed by atoms with Crippen molar-refractivity contribution < 1.29 is 4.79 Å². The van der Waals surface area contributed by atoms with Crippen LogP contribution in [0.15, 0.2) is 17.5 Å². The number of rotatable bonds is 4. The number of hydrogen-bond donors (Lipinski definition) is 1. The highest BCUT2D eigenvalue weighted by molar-refractivity contribution is 7.12. The summed E-state index contributed by atoms with van der Waals surface area (Å²) in [7, 11) is 1.83. The third-order valence-corrected chi connectivity index (χ3v) is 2.91. The first kappa shape index (κ1) is 10.4. The third-order valence-electron chi connectivity index (χ3n) is 2.02. The Hall–Kier alpha value is -0.670. The number of hydrogen-bond acceptors (Lipinski definition) is 3. The van der Waals surface area contributed by atoms with Crippen molar-refractivity contribution in [2.45, 2.75) is 19.9 Å². The molecule has 1 atom stereocenters. The van der Waals surface area contributed by atoms with E-state index in [1.807, 2.05) is 38.4 Å². The molecule has 0 radical (unpaired) electrons. The molecule has 0 aromatic carbocycles. The highest BCUT2D eigenvalue weighted by Gasteiger charge is 2.21. The van der Waals surface area contributed by atoms with Gasteiger partial charge in [-0.3, -0.25) is 4.79 Å². The summed E-state index contributed by atoms with van der Waals surface area (Å²) in [6.07, 6.45) is 0. The van der Waals surface area contributed by atoms with E-state index in [0.717, 1.165) is 4.88 Å². The lowest BCUT2D eigenvalue weighted by molar-refractivity contribution is 0.0926. The maximum atomic E-state index is 11.8. The van der Waals surface area contributed by atoms with E-state index in [2.05, 4.69) is 5.32 Å². The summed E-state index contributed by atoms with van der Waals surface area (Å²) < 4.78 is 0. The molecule has 0 saturated carbocycles. The van der Waals surface area contributed by atoms with Crippen LogP contribution in [0.2, 0.25) is 0 Å². The van der Waals surface area contributed by atoms with Crippen LogP contribution in [0.1, 0.15) is 23.5 Å². The predicted molar refractivity (Wildman–Crippen MR) is 56.3 cm³/mol. The summed E-state index contributed by atoms with van der Waals surface area (Å²) in [6.45, 7) is 4.10. The molecule has 0 spiro atoms. The van der Waals surface area contributed by atoms with Crippen molar-refractivity contribution in [3.63, 3.8) is 0 Å². The minimum Gasteiger partial charge on any atom is -0.310 e. The molecule has 1 aromatic rings. The van der Waals surface area contributed by atoms with Gasteiger partial charge in [0.1, 0.15) is 0 Å². The van der Waals surface area contributed by atoms with Gasteiger partial charge >= 0.3 is 0 Å². The van der Waals surface area contributed by atoms with Gasteiger partial charge in [-0.15, -0.1) is 11.3 Å². The highest BCUT2D eigenvalue weighted by Crippen LogP contribution is 2.14. The van der Waals surface area contributed by atoms with Crippen LogP contribution in [0.25, 0.3) is 0 Å². The van der Waals surface area contributed by atoms with Crippen molar-refractivity contribution in [3.05, 3.63) is 22.4 Å². The minimum atomic E-state index is -0.0568. The quantitative estimate of drug-likeness (QED) is 0.750. The highest BCUT2D eigenvalue weighted by atomic mass is 32.1. The summed E-state index contributed by atoms with van der Waals surface area (Å²) in [4.78, 5) is 12.7. The van der Waals surface area contributed by atoms with Crippen molar-refractivity contribution in [1.82, 2.24) is 5.32 Å². The van der Waals surface area contributed by atoms with Crippen molar-refractivity contribution in [2.75, 3.05) is 7.05 Å². The van der Waals surface area contributed by atoms with Crippen LogP contribution >= 0.6 is 11.3 Å². The van der Waals surface area contributed by atoms with Crippen molar-refractivity contribution >= 4 is 17.1 Å². The third kappa shape index (κ3) is 2.39. The fraction of sp³-hybridized carbons (Fsp3) is 0.500. The first-order valence-corrected chi connectivity index (χ1v) is 5.29. The number of nitrogens with one attached hydrogen (secondary N) is 1. The largest absolute Gasteiger partial charge is 0.310 e. The molecule has 0 aliphatic carbocycles. The summed E-state index contributed by atoms with van der Waals surface area (Å²) in [6, 6.07) is 3.73. The zero-order chi connectivity index (χ0) is 9.84. The molecular formula is C10H15NOS. The Kier molecular flexibility index (Phi) is 3.63. The van der Waals surface area contributed by atoms with E-state index in [1.165, 1.54) is 11.3 Å². The fourth-order valence-electron chi connectivity index (χ4n) is 1.34. The van der Waals surface area contributed by atoms with Gasteiger partial charge in [-0.2, -0.15) is 0 Å². The van der Waals surface area contributed by atoms with E-state index >= 15 is 0 Å². The summed E-state index contributed by atoms with van der Waals surface area (Å²) >= 11 is 1.50. The maximum Gasteiger partial charge on any atom is 0.189 e. The molecule has 72 valence electrons. The van der Waals surface area contributed by atoms with Crippen molar-refractivity contribution in [3.8, 4) is 0 Å². The number of Topliss-reactive ketones (excluding diaryl/α,β-unsaturated/α-hetero) is 1. The van der Waals surface area contributed by atoms with Gasteiger partial charge in [0.05, 0.1) is 10.9 Å². The standard InChI is InChI=1S/C10H15NOS/c1-7(2)9(11-3)10(12)8-5-4-6-13-8/h4-7,9,11H,1-3H3. The molecule has 0 amide bonds. The van der Waals surface area contributed by atoms with Crippen LogP contribution in [-0.4, -0.2) is 18.9 Å². The van der Waals surface area contributed by atoms with Gasteiger partial charge in [0.2, 0.25) is 0 Å². The molecule has 0 saturated heterocycles. The normalized spacial score (nSPS) is 13.2. The Morgan fingerprint density at radius 2 is 2.23 bits per heavy atom. The van der Waals surface area contributed by atoms with Crippen LogP contribution < -0.4 is 5.32 Å². The van der Waals surface area contributed by atoms with E-state index in [0.29, 0.717) is 5.92 Å². The van der Waals surface area contributed by atoms with Crippen LogP contribution in [-0.2, 0) is 0 Å². The van der Waals surface area contributed by atoms with Gasteiger partial charge in [0.15, 0.2) is 5.78 Å². The number of likely N-dealkylation sites (N-methyl/N-ethyl adjacent to an activating group) is 1. The molecule has 0 fully saturated rings. The van der Waals surface area contributed by atoms with Crippen LogP contribution in [0, 0.1) is 5.92 Å². The SMILES string of the molecule is CNC(C(=O)c1cccs1)C(C)C. The summed E-state index contributed by atoms with van der Waals surface area (Å²) in [5, 5.41) is 4.98. The van der Waals surface area contributed by atoms with E-state index in [4.69, 9.17) is 0 Å². The molecule has 13 heavy (non-hydrogen) atoms.